The van der Waals surface area contributed by atoms with Crippen molar-refractivity contribution in [2.24, 2.45) is 0 Å². The summed E-state index contributed by atoms with van der Waals surface area (Å²) in [5.41, 5.74) is 0. The van der Waals surface area contributed by atoms with Gasteiger partial charge in [-0.25, -0.2) is 0 Å². The van der Waals surface area contributed by atoms with Crippen LogP contribution in [0.1, 0.15) is 13.8 Å². The Morgan fingerprint density at radius 3 is 1.86 bits per heavy atom. The number of ether oxygens (including phenoxy) is 2. The Balaban J connectivity index is 2.68. The van der Waals surface area contributed by atoms with E-state index < -0.39 is 0 Å². The predicted octanol–water partition coefficient (Wildman–Crippen LogP) is 3.51. The molecule has 0 saturated carbocycles. The average molecular weight is 190 g/mol. The lowest BCUT2D eigenvalue weighted by Gasteiger charge is -2.02. The zero-order valence-corrected chi connectivity index (χ0v) is 8.44. The second kappa shape index (κ2) is 5.86. The Labute approximate surface area is 84.5 Å². The van der Waals surface area contributed by atoms with Crippen LogP contribution < -0.4 is 9.47 Å². The molecule has 0 heterocycles. The van der Waals surface area contributed by atoms with Crippen molar-refractivity contribution in [2.45, 2.75) is 13.8 Å². The van der Waals surface area contributed by atoms with E-state index in [1.54, 1.807) is 12.5 Å². The molecule has 2 heteroatoms. The molecule has 0 amide bonds. The predicted molar refractivity (Wildman–Crippen MR) is 57.3 cm³/mol. The molecule has 1 aromatic rings. The van der Waals surface area contributed by atoms with Gasteiger partial charge < -0.3 is 9.47 Å². The van der Waals surface area contributed by atoms with Crippen molar-refractivity contribution in [3.05, 3.63) is 48.9 Å². The van der Waals surface area contributed by atoms with Gasteiger partial charge in [0.05, 0.1) is 12.5 Å². The highest BCUT2D eigenvalue weighted by Gasteiger charge is 1.94. The van der Waals surface area contributed by atoms with Crippen LogP contribution in [0.25, 0.3) is 0 Å². The summed E-state index contributed by atoms with van der Waals surface area (Å²) < 4.78 is 10.6. The molecule has 0 aromatic heterocycles. The van der Waals surface area contributed by atoms with Gasteiger partial charge in [0.15, 0.2) is 0 Å². The lowest BCUT2D eigenvalue weighted by molar-refractivity contribution is 0.458. The smallest absolute Gasteiger partial charge is 0.130 e. The lowest BCUT2D eigenvalue weighted by atomic mass is 10.3. The summed E-state index contributed by atoms with van der Waals surface area (Å²) in [5, 5.41) is 0. The second-order valence-corrected chi connectivity index (χ2v) is 2.65. The van der Waals surface area contributed by atoms with Crippen LogP contribution in [0.15, 0.2) is 48.9 Å². The summed E-state index contributed by atoms with van der Waals surface area (Å²) in [6, 6.07) is 7.47. The highest BCUT2D eigenvalue weighted by atomic mass is 16.5. The van der Waals surface area contributed by atoms with Crippen LogP contribution >= 0.6 is 0 Å². The van der Waals surface area contributed by atoms with Gasteiger partial charge in [0, 0.05) is 6.07 Å². The Kier molecular flexibility index (Phi) is 4.35. The van der Waals surface area contributed by atoms with E-state index in [-0.39, 0.29) is 0 Å². The summed E-state index contributed by atoms with van der Waals surface area (Å²) in [6.45, 7) is 3.81. The molecular weight excluding hydrogens is 176 g/mol. The molecule has 0 aliphatic heterocycles. The first-order valence-corrected chi connectivity index (χ1v) is 4.52. The molecular formula is C12H14O2. The van der Waals surface area contributed by atoms with Gasteiger partial charge in [-0.15, -0.1) is 0 Å². The molecule has 0 aliphatic rings. The topological polar surface area (TPSA) is 18.5 Å². The van der Waals surface area contributed by atoms with E-state index in [0.717, 1.165) is 11.5 Å². The van der Waals surface area contributed by atoms with E-state index in [0.29, 0.717) is 0 Å². The van der Waals surface area contributed by atoms with Crippen LogP contribution in [0.5, 0.6) is 11.5 Å². The van der Waals surface area contributed by atoms with Crippen molar-refractivity contribution >= 4 is 0 Å². The minimum Gasteiger partial charge on any atom is -0.465 e. The van der Waals surface area contributed by atoms with Gasteiger partial charge in [-0.3, -0.25) is 0 Å². The van der Waals surface area contributed by atoms with Gasteiger partial charge in [-0.1, -0.05) is 18.2 Å². The summed E-state index contributed by atoms with van der Waals surface area (Å²) in [4.78, 5) is 0. The Hall–Kier alpha value is -1.70. The van der Waals surface area contributed by atoms with E-state index in [1.165, 1.54) is 0 Å². The van der Waals surface area contributed by atoms with Gasteiger partial charge >= 0.3 is 0 Å². The van der Waals surface area contributed by atoms with Crippen molar-refractivity contribution in [3.63, 3.8) is 0 Å². The molecule has 0 bridgehead atoms. The number of rotatable bonds is 4. The maximum absolute atomic E-state index is 5.29. The van der Waals surface area contributed by atoms with Crippen LogP contribution in [0.3, 0.4) is 0 Å². The van der Waals surface area contributed by atoms with Gasteiger partial charge in [0.1, 0.15) is 11.5 Å². The Morgan fingerprint density at radius 2 is 1.43 bits per heavy atom. The molecule has 74 valence electrons. The summed E-state index contributed by atoms with van der Waals surface area (Å²) in [6.07, 6.45) is 6.93. The maximum atomic E-state index is 5.29. The van der Waals surface area contributed by atoms with Gasteiger partial charge in [-0.2, -0.15) is 0 Å². The third-order valence-corrected chi connectivity index (χ3v) is 1.49. The van der Waals surface area contributed by atoms with Gasteiger partial charge in [-0.05, 0) is 26.0 Å². The van der Waals surface area contributed by atoms with Crippen LogP contribution in [-0.4, -0.2) is 0 Å². The molecule has 0 aliphatic carbocycles. The van der Waals surface area contributed by atoms with Gasteiger partial charge in [0.2, 0.25) is 0 Å². The molecule has 0 unspecified atom stereocenters. The molecule has 14 heavy (non-hydrogen) atoms. The molecule has 0 spiro atoms. The third kappa shape index (κ3) is 3.35. The first-order chi connectivity index (χ1) is 6.86. The first kappa shape index (κ1) is 10.4. The monoisotopic (exact) mass is 190 g/mol. The van der Waals surface area contributed by atoms with Crippen molar-refractivity contribution in [1.29, 1.82) is 0 Å². The van der Waals surface area contributed by atoms with E-state index in [9.17, 15) is 0 Å². The van der Waals surface area contributed by atoms with Crippen molar-refractivity contribution in [3.8, 4) is 11.5 Å². The first-order valence-electron chi connectivity index (χ1n) is 4.52. The largest absolute Gasteiger partial charge is 0.465 e. The number of hydrogen-bond donors (Lipinski definition) is 0. The minimum atomic E-state index is 0.769. The summed E-state index contributed by atoms with van der Waals surface area (Å²) in [7, 11) is 0. The fraction of sp³-hybridized carbons (Fsp3) is 0.167. The van der Waals surface area contributed by atoms with Crippen LogP contribution in [-0.2, 0) is 0 Å². The van der Waals surface area contributed by atoms with Crippen LogP contribution in [0, 0.1) is 0 Å². The molecule has 0 atom stereocenters. The molecule has 2 nitrogen and oxygen atoms in total. The summed E-state index contributed by atoms with van der Waals surface area (Å²) >= 11 is 0. The highest BCUT2D eigenvalue weighted by Crippen LogP contribution is 2.19. The maximum Gasteiger partial charge on any atom is 0.130 e. The van der Waals surface area contributed by atoms with E-state index >= 15 is 0 Å². The number of benzene rings is 1. The van der Waals surface area contributed by atoms with E-state index in [2.05, 4.69) is 0 Å². The summed E-state index contributed by atoms with van der Waals surface area (Å²) in [5.74, 6) is 1.54. The fourth-order valence-corrected chi connectivity index (χ4v) is 0.914. The van der Waals surface area contributed by atoms with Crippen LogP contribution in [0.4, 0.5) is 0 Å². The molecule has 0 N–H and O–H groups in total. The Bertz CT molecular complexity index is 298. The van der Waals surface area contributed by atoms with E-state index in [4.69, 9.17) is 9.47 Å². The number of allylic oxidation sites excluding steroid dienone is 2. The fourth-order valence-electron chi connectivity index (χ4n) is 0.914. The molecule has 0 fully saturated rings. The number of hydrogen-bond acceptors (Lipinski definition) is 2. The zero-order chi connectivity index (χ0) is 10.2. The Morgan fingerprint density at radius 1 is 0.929 bits per heavy atom. The van der Waals surface area contributed by atoms with Crippen LogP contribution in [0.2, 0.25) is 0 Å². The standard InChI is InChI=1S/C12H14O2/c1-3-8-13-11-6-5-7-12(10-11)14-9-4-2/h3-10H,1-2H3/b8-3-,9-4-. The average Bonchev–Trinajstić information content (AvgIpc) is 2.24. The molecule has 1 rings (SSSR count). The third-order valence-electron chi connectivity index (χ3n) is 1.49. The highest BCUT2D eigenvalue weighted by molar-refractivity contribution is 5.33. The van der Waals surface area contributed by atoms with Crippen molar-refractivity contribution in [1.82, 2.24) is 0 Å². The zero-order valence-electron chi connectivity index (χ0n) is 8.44. The molecule has 1 aromatic carbocycles. The molecule has 0 saturated heterocycles. The second-order valence-electron chi connectivity index (χ2n) is 2.65. The van der Waals surface area contributed by atoms with Crippen molar-refractivity contribution in [2.75, 3.05) is 0 Å². The molecule has 0 radical (unpaired) electrons. The van der Waals surface area contributed by atoms with Gasteiger partial charge in [0.25, 0.3) is 0 Å². The minimum absolute atomic E-state index is 0.769. The lowest BCUT2D eigenvalue weighted by Crippen LogP contribution is -1.84. The SMILES string of the molecule is C/C=C\Oc1cccc(O/C=C\C)c1. The van der Waals surface area contributed by atoms with E-state index in [1.807, 2.05) is 50.3 Å². The van der Waals surface area contributed by atoms with Crippen molar-refractivity contribution < 1.29 is 9.47 Å². The quantitative estimate of drug-likeness (QED) is 0.676. The normalized spacial score (nSPS) is 11.0.